The lowest BCUT2D eigenvalue weighted by atomic mass is 9.83. The highest BCUT2D eigenvalue weighted by Gasteiger charge is 2.38. The molecule has 1 aromatic heterocycles. The van der Waals surface area contributed by atoms with Crippen LogP contribution in [0.5, 0.6) is 0 Å². The van der Waals surface area contributed by atoms with E-state index in [9.17, 15) is 18.0 Å². The molecule has 2 aromatic rings. The molecule has 0 N–H and O–H groups in total. The van der Waals surface area contributed by atoms with Crippen LogP contribution in [0.15, 0.2) is 28.8 Å². The van der Waals surface area contributed by atoms with Gasteiger partial charge in [0.05, 0.1) is 0 Å². The summed E-state index contributed by atoms with van der Waals surface area (Å²) in [7, 11) is 0. The van der Waals surface area contributed by atoms with Crippen LogP contribution in [0.2, 0.25) is 0 Å². The molecule has 0 unspecified atom stereocenters. The van der Waals surface area contributed by atoms with Gasteiger partial charge in [-0.2, -0.15) is 18.2 Å². The number of benzene rings is 1. The van der Waals surface area contributed by atoms with Crippen LogP contribution in [0, 0.1) is 5.41 Å². The van der Waals surface area contributed by atoms with Gasteiger partial charge in [-0.15, -0.1) is 0 Å². The Morgan fingerprint density at radius 3 is 2.52 bits per heavy atom. The molecule has 0 aliphatic carbocycles. The van der Waals surface area contributed by atoms with Crippen molar-refractivity contribution in [2.24, 2.45) is 5.41 Å². The fourth-order valence-electron chi connectivity index (χ4n) is 2.93. The van der Waals surface area contributed by atoms with E-state index in [-0.39, 0.29) is 17.1 Å². The van der Waals surface area contributed by atoms with Gasteiger partial charge < -0.3 is 9.42 Å². The minimum Gasteiger partial charge on any atom is -0.338 e. The number of nitrogens with zero attached hydrogens (tertiary/aromatic N) is 3. The molecule has 25 heavy (non-hydrogen) atoms. The highest BCUT2D eigenvalue weighted by Crippen LogP contribution is 2.31. The number of hydrogen-bond acceptors (Lipinski definition) is 4. The van der Waals surface area contributed by atoms with Gasteiger partial charge in [0, 0.05) is 24.1 Å². The van der Waals surface area contributed by atoms with Crippen LogP contribution >= 0.6 is 0 Å². The highest BCUT2D eigenvalue weighted by molar-refractivity contribution is 5.82. The minimum atomic E-state index is -4.66. The van der Waals surface area contributed by atoms with E-state index in [1.807, 2.05) is 18.7 Å². The molecule has 1 amide bonds. The van der Waals surface area contributed by atoms with Crippen LogP contribution in [-0.2, 0) is 17.5 Å². The van der Waals surface area contributed by atoms with Gasteiger partial charge in [-0.3, -0.25) is 4.79 Å². The topological polar surface area (TPSA) is 59.2 Å². The summed E-state index contributed by atoms with van der Waals surface area (Å²) in [5.74, 6) is -1.36. The molecule has 2 heterocycles. The van der Waals surface area contributed by atoms with E-state index in [1.165, 1.54) is 0 Å². The summed E-state index contributed by atoms with van der Waals surface area (Å²) in [6.07, 6.45) is -2.83. The van der Waals surface area contributed by atoms with E-state index in [4.69, 9.17) is 0 Å². The third-order valence-electron chi connectivity index (χ3n) is 4.35. The summed E-state index contributed by atoms with van der Waals surface area (Å²) in [6, 6.07) is 6.77. The van der Waals surface area contributed by atoms with Crippen molar-refractivity contribution in [3.63, 3.8) is 0 Å². The van der Waals surface area contributed by atoms with Gasteiger partial charge in [0.1, 0.15) is 0 Å². The first-order valence-electron chi connectivity index (χ1n) is 7.96. The average Bonchev–Trinajstić information content (AvgIpc) is 3.03. The van der Waals surface area contributed by atoms with E-state index in [2.05, 4.69) is 14.7 Å². The number of halogens is 3. The molecule has 1 aromatic carbocycles. The normalized spacial score (nSPS) is 17.8. The Bertz CT molecular complexity index is 766. The number of piperidine rings is 1. The second-order valence-corrected chi connectivity index (χ2v) is 6.83. The van der Waals surface area contributed by atoms with E-state index < -0.39 is 12.1 Å². The first-order valence-corrected chi connectivity index (χ1v) is 7.96. The summed E-state index contributed by atoms with van der Waals surface area (Å²) in [6.45, 7) is 5.07. The molecule has 1 aliphatic heterocycles. The first-order chi connectivity index (χ1) is 11.7. The number of likely N-dealkylation sites (tertiary alicyclic amines) is 1. The Kier molecular flexibility index (Phi) is 4.30. The van der Waals surface area contributed by atoms with Gasteiger partial charge in [-0.05, 0) is 18.4 Å². The van der Waals surface area contributed by atoms with Crippen molar-refractivity contribution in [2.75, 3.05) is 6.54 Å². The molecule has 0 bridgehead atoms. The molecular weight excluding hydrogens is 335 g/mol. The van der Waals surface area contributed by atoms with E-state index in [0.717, 1.165) is 18.4 Å². The second-order valence-electron chi connectivity index (χ2n) is 6.83. The van der Waals surface area contributed by atoms with Crippen molar-refractivity contribution in [1.82, 2.24) is 15.0 Å². The maximum Gasteiger partial charge on any atom is 0.471 e. The lowest BCUT2D eigenvalue weighted by Crippen LogP contribution is -2.45. The molecule has 1 saturated heterocycles. The van der Waals surface area contributed by atoms with Crippen molar-refractivity contribution in [2.45, 2.75) is 39.4 Å². The lowest BCUT2D eigenvalue weighted by molar-refractivity contribution is -0.159. The number of hydrogen-bond donors (Lipinski definition) is 0. The molecule has 8 heteroatoms. The maximum atomic E-state index is 12.5. The van der Waals surface area contributed by atoms with Gasteiger partial charge in [0.25, 0.3) is 0 Å². The van der Waals surface area contributed by atoms with Crippen molar-refractivity contribution in [1.29, 1.82) is 0 Å². The first kappa shape index (κ1) is 17.4. The zero-order valence-electron chi connectivity index (χ0n) is 13.9. The largest absolute Gasteiger partial charge is 0.471 e. The number of amides is 1. The third kappa shape index (κ3) is 3.67. The van der Waals surface area contributed by atoms with Crippen molar-refractivity contribution >= 4 is 5.91 Å². The van der Waals surface area contributed by atoms with Gasteiger partial charge in [0.2, 0.25) is 11.7 Å². The molecule has 5 nitrogen and oxygen atoms in total. The minimum absolute atomic E-state index is 0.117. The van der Waals surface area contributed by atoms with Crippen LogP contribution in [0.25, 0.3) is 11.4 Å². The van der Waals surface area contributed by atoms with E-state index >= 15 is 0 Å². The highest BCUT2D eigenvalue weighted by atomic mass is 19.4. The Morgan fingerprint density at radius 2 is 1.92 bits per heavy atom. The molecule has 1 fully saturated rings. The van der Waals surface area contributed by atoms with Crippen molar-refractivity contribution < 1.29 is 22.5 Å². The quantitative estimate of drug-likeness (QED) is 0.840. The smallest absolute Gasteiger partial charge is 0.338 e. The molecule has 134 valence electrons. The van der Waals surface area contributed by atoms with Crippen LogP contribution in [-0.4, -0.2) is 27.5 Å². The summed E-state index contributed by atoms with van der Waals surface area (Å²) in [5.41, 5.74) is 0.972. The molecule has 0 radical (unpaired) electrons. The van der Waals surface area contributed by atoms with Crippen LogP contribution in [0.3, 0.4) is 0 Å². The van der Waals surface area contributed by atoms with Crippen LogP contribution in [0.4, 0.5) is 13.2 Å². The Balaban J connectivity index is 1.72. The molecule has 3 rings (SSSR count). The van der Waals surface area contributed by atoms with Crippen molar-refractivity contribution in [3.8, 4) is 11.4 Å². The number of carbonyl (C=O) groups excluding carboxylic acids is 1. The predicted molar refractivity (Wildman–Crippen MR) is 83.2 cm³/mol. The SMILES string of the molecule is CC1(C)CCCN(Cc2ccc(-c3noc(C(F)(F)F)n3)cc2)C1=O. The number of aromatic nitrogens is 2. The van der Waals surface area contributed by atoms with Crippen LogP contribution < -0.4 is 0 Å². The summed E-state index contributed by atoms with van der Waals surface area (Å²) in [4.78, 5) is 17.6. The maximum absolute atomic E-state index is 12.5. The van der Waals surface area contributed by atoms with E-state index in [0.29, 0.717) is 18.7 Å². The zero-order valence-corrected chi connectivity index (χ0v) is 13.9. The predicted octanol–water partition coefficient (Wildman–Crippen LogP) is 3.90. The second kappa shape index (κ2) is 6.16. The standard InChI is InChI=1S/C17H18F3N3O2/c1-16(2)8-3-9-23(15(16)24)10-11-4-6-12(7-5-11)13-21-14(25-22-13)17(18,19)20/h4-7H,3,8-10H2,1-2H3. The fraction of sp³-hybridized carbons (Fsp3) is 0.471. The Hall–Kier alpha value is -2.38. The zero-order chi connectivity index (χ0) is 18.2. The molecular formula is C17H18F3N3O2. The number of rotatable bonds is 3. The average molecular weight is 353 g/mol. The molecule has 0 spiro atoms. The summed E-state index contributed by atoms with van der Waals surface area (Å²) < 4.78 is 41.8. The third-order valence-corrected chi connectivity index (χ3v) is 4.35. The van der Waals surface area contributed by atoms with Gasteiger partial charge >= 0.3 is 12.1 Å². The molecule has 0 saturated carbocycles. The number of alkyl halides is 3. The Morgan fingerprint density at radius 1 is 1.24 bits per heavy atom. The van der Waals surface area contributed by atoms with Crippen LogP contribution in [0.1, 0.15) is 38.1 Å². The Labute approximate surface area is 142 Å². The van der Waals surface area contributed by atoms with Gasteiger partial charge in [-0.1, -0.05) is 43.3 Å². The lowest BCUT2D eigenvalue weighted by Gasteiger charge is -2.37. The molecule has 1 aliphatic rings. The summed E-state index contributed by atoms with van der Waals surface area (Å²) >= 11 is 0. The monoisotopic (exact) mass is 353 g/mol. The summed E-state index contributed by atoms with van der Waals surface area (Å²) in [5, 5.41) is 3.36. The molecule has 0 atom stereocenters. The van der Waals surface area contributed by atoms with Gasteiger partial charge in [-0.25, -0.2) is 0 Å². The van der Waals surface area contributed by atoms with E-state index in [1.54, 1.807) is 24.3 Å². The van der Waals surface area contributed by atoms with Crippen molar-refractivity contribution in [3.05, 3.63) is 35.7 Å². The fourth-order valence-corrected chi connectivity index (χ4v) is 2.93. The van der Waals surface area contributed by atoms with Gasteiger partial charge in [0.15, 0.2) is 0 Å². The number of carbonyl (C=O) groups is 1.